The third-order valence-electron chi connectivity index (χ3n) is 4.19. The highest BCUT2D eigenvalue weighted by Gasteiger charge is 2.57. The molecule has 1 heterocycles. The molecule has 0 nitrogen and oxygen atoms in total. The summed E-state index contributed by atoms with van der Waals surface area (Å²) in [5.41, 5.74) is 0. The Morgan fingerprint density at radius 3 is 1.92 bits per heavy atom. The SMILES string of the molecule is CC1C(C)C2CC1C1SSSC21. The molecule has 3 rings (SSSR count). The van der Waals surface area contributed by atoms with Crippen molar-refractivity contribution in [3.8, 4) is 0 Å². The minimum Gasteiger partial charge on any atom is -0.0776 e. The monoisotopic (exact) mass is 218 g/mol. The van der Waals surface area contributed by atoms with Crippen LogP contribution in [-0.4, -0.2) is 10.5 Å². The third kappa shape index (κ3) is 0.908. The molecule has 2 saturated carbocycles. The van der Waals surface area contributed by atoms with Crippen molar-refractivity contribution in [3.05, 3.63) is 0 Å². The zero-order chi connectivity index (χ0) is 8.29. The molecule has 0 aromatic heterocycles. The summed E-state index contributed by atoms with van der Waals surface area (Å²) in [5.74, 6) is 4.12. The Kier molecular flexibility index (Phi) is 1.93. The van der Waals surface area contributed by atoms with Crippen molar-refractivity contribution in [2.75, 3.05) is 0 Å². The largest absolute Gasteiger partial charge is 0.0776 e. The van der Waals surface area contributed by atoms with Crippen LogP contribution in [-0.2, 0) is 0 Å². The summed E-state index contributed by atoms with van der Waals surface area (Å²) in [6, 6.07) is 0. The second kappa shape index (κ2) is 2.77. The van der Waals surface area contributed by atoms with E-state index >= 15 is 0 Å². The van der Waals surface area contributed by atoms with E-state index in [1.807, 2.05) is 0 Å². The summed E-state index contributed by atoms with van der Waals surface area (Å²) in [7, 11) is 6.37. The normalized spacial score (nSPS) is 62.5. The topological polar surface area (TPSA) is 0 Å². The summed E-state index contributed by atoms with van der Waals surface area (Å²) < 4.78 is 0. The van der Waals surface area contributed by atoms with Gasteiger partial charge in [0.15, 0.2) is 0 Å². The van der Waals surface area contributed by atoms with Gasteiger partial charge in [0.2, 0.25) is 0 Å². The van der Waals surface area contributed by atoms with E-state index in [1.54, 1.807) is 0 Å². The molecule has 0 aromatic rings. The van der Waals surface area contributed by atoms with Crippen LogP contribution in [0.2, 0.25) is 0 Å². The van der Waals surface area contributed by atoms with Gasteiger partial charge in [0.1, 0.15) is 0 Å². The molecule has 2 aliphatic carbocycles. The molecule has 6 unspecified atom stereocenters. The minimum atomic E-state index is 1.00. The lowest BCUT2D eigenvalue weighted by Crippen LogP contribution is -2.33. The molecule has 0 aromatic carbocycles. The molecule has 12 heavy (non-hydrogen) atoms. The highest BCUT2D eigenvalue weighted by Crippen LogP contribution is 2.68. The quantitative estimate of drug-likeness (QED) is 0.569. The van der Waals surface area contributed by atoms with Gasteiger partial charge in [-0.05, 0) is 39.9 Å². The molecule has 2 bridgehead atoms. The summed E-state index contributed by atoms with van der Waals surface area (Å²) >= 11 is 0. The Hall–Kier alpha value is 1.05. The first-order chi connectivity index (χ1) is 5.79. The Labute approximate surface area is 85.8 Å². The highest BCUT2D eigenvalue weighted by molar-refractivity contribution is 9.11. The zero-order valence-corrected chi connectivity index (χ0v) is 9.85. The van der Waals surface area contributed by atoms with Crippen LogP contribution in [0.3, 0.4) is 0 Å². The maximum Gasteiger partial charge on any atom is 0.0321 e. The van der Waals surface area contributed by atoms with Crippen molar-refractivity contribution >= 4 is 31.4 Å². The first kappa shape index (κ1) is 8.37. The van der Waals surface area contributed by atoms with E-state index in [-0.39, 0.29) is 0 Å². The maximum absolute atomic E-state index is 2.47. The average Bonchev–Trinajstić information content (AvgIpc) is 2.63. The van der Waals surface area contributed by atoms with Gasteiger partial charge in [-0.15, -0.1) is 0 Å². The second-order valence-electron chi connectivity index (χ2n) is 4.47. The van der Waals surface area contributed by atoms with Gasteiger partial charge in [-0.2, -0.15) is 0 Å². The van der Waals surface area contributed by atoms with Crippen LogP contribution in [0.1, 0.15) is 20.3 Å². The molecular formula is C9H14S3. The fraction of sp³-hybridized carbons (Fsp3) is 1.00. The molecule has 1 aliphatic heterocycles. The van der Waals surface area contributed by atoms with Gasteiger partial charge in [0, 0.05) is 10.5 Å². The van der Waals surface area contributed by atoms with E-state index in [1.165, 1.54) is 6.42 Å². The Morgan fingerprint density at radius 2 is 1.42 bits per heavy atom. The van der Waals surface area contributed by atoms with E-state index < -0.39 is 0 Å². The summed E-state index contributed by atoms with van der Waals surface area (Å²) in [6.07, 6.45) is 1.54. The fourth-order valence-electron chi connectivity index (χ4n) is 3.24. The predicted molar refractivity (Wildman–Crippen MR) is 60.3 cm³/mol. The van der Waals surface area contributed by atoms with Gasteiger partial charge in [0.25, 0.3) is 0 Å². The minimum absolute atomic E-state index is 1.00. The van der Waals surface area contributed by atoms with E-state index in [4.69, 9.17) is 0 Å². The van der Waals surface area contributed by atoms with Crippen molar-refractivity contribution in [2.45, 2.75) is 30.8 Å². The van der Waals surface area contributed by atoms with Crippen LogP contribution >= 0.6 is 31.4 Å². The molecular weight excluding hydrogens is 204 g/mol. The second-order valence-corrected chi connectivity index (χ2v) is 8.87. The summed E-state index contributed by atoms with van der Waals surface area (Å²) in [4.78, 5) is 0. The number of hydrogen-bond acceptors (Lipinski definition) is 3. The Balaban J connectivity index is 1.92. The van der Waals surface area contributed by atoms with Gasteiger partial charge in [-0.25, -0.2) is 0 Å². The van der Waals surface area contributed by atoms with Crippen LogP contribution in [0.25, 0.3) is 0 Å². The number of rotatable bonds is 0. The van der Waals surface area contributed by atoms with E-state index in [9.17, 15) is 0 Å². The predicted octanol–water partition coefficient (Wildman–Crippen LogP) is 3.69. The van der Waals surface area contributed by atoms with Crippen LogP contribution in [0.15, 0.2) is 0 Å². The van der Waals surface area contributed by atoms with Crippen molar-refractivity contribution in [1.29, 1.82) is 0 Å². The molecule has 0 amide bonds. The van der Waals surface area contributed by atoms with Crippen molar-refractivity contribution in [2.24, 2.45) is 23.7 Å². The third-order valence-corrected chi connectivity index (χ3v) is 9.47. The smallest absolute Gasteiger partial charge is 0.0321 e. The molecule has 6 atom stereocenters. The fourth-order valence-corrected chi connectivity index (χ4v) is 10.1. The van der Waals surface area contributed by atoms with Crippen LogP contribution in [0.5, 0.6) is 0 Å². The first-order valence-electron chi connectivity index (χ1n) is 4.78. The number of fused-ring (bicyclic) bond motifs is 5. The molecule has 0 radical (unpaired) electrons. The molecule has 3 heteroatoms. The molecule has 0 N–H and O–H groups in total. The maximum atomic E-state index is 2.47. The Bertz CT molecular complexity index is 186. The van der Waals surface area contributed by atoms with Gasteiger partial charge >= 0.3 is 0 Å². The van der Waals surface area contributed by atoms with Crippen LogP contribution in [0.4, 0.5) is 0 Å². The highest BCUT2D eigenvalue weighted by atomic mass is 33.5. The van der Waals surface area contributed by atoms with E-state index in [0.29, 0.717) is 0 Å². The van der Waals surface area contributed by atoms with E-state index in [2.05, 4.69) is 45.3 Å². The van der Waals surface area contributed by atoms with Gasteiger partial charge in [0.05, 0.1) is 0 Å². The molecule has 1 saturated heterocycles. The molecule has 68 valence electrons. The van der Waals surface area contributed by atoms with Gasteiger partial charge in [-0.1, -0.05) is 35.4 Å². The zero-order valence-electron chi connectivity index (χ0n) is 7.40. The van der Waals surface area contributed by atoms with Crippen LogP contribution in [0, 0.1) is 23.7 Å². The standard InChI is InChI=1S/C9H14S3/c1-4-5(2)7-3-6(4)8-9(7)11-12-10-8/h4-9H,3H2,1-2H3. The Morgan fingerprint density at radius 1 is 0.917 bits per heavy atom. The molecule has 3 fully saturated rings. The molecule has 0 spiro atoms. The van der Waals surface area contributed by atoms with Crippen molar-refractivity contribution < 1.29 is 0 Å². The lowest BCUT2D eigenvalue weighted by Gasteiger charge is -2.32. The summed E-state index contributed by atoms with van der Waals surface area (Å²) in [6.45, 7) is 4.94. The van der Waals surface area contributed by atoms with Crippen molar-refractivity contribution in [1.82, 2.24) is 0 Å². The lowest BCUT2D eigenvalue weighted by atomic mass is 9.81. The molecule has 3 aliphatic rings. The van der Waals surface area contributed by atoms with Crippen molar-refractivity contribution in [3.63, 3.8) is 0 Å². The van der Waals surface area contributed by atoms with Gasteiger partial charge in [-0.3, -0.25) is 0 Å². The first-order valence-corrected chi connectivity index (χ1v) is 8.39. The summed E-state index contributed by atoms with van der Waals surface area (Å²) in [5, 5.41) is 2.02. The van der Waals surface area contributed by atoms with E-state index in [0.717, 1.165) is 34.2 Å². The van der Waals surface area contributed by atoms with Crippen LogP contribution < -0.4 is 0 Å². The average molecular weight is 218 g/mol. The lowest BCUT2D eigenvalue weighted by molar-refractivity contribution is 0.274. The number of hydrogen-bond donors (Lipinski definition) is 0. The van der Waals surface area contributed by atoms with Gasteiger partial charge < -0.3 is 0 Å².